The summed E-state index contributed by atoms with van der Waals surface area (Å²) in [6.45, 7) is 7.41. The second-order valence-electron chi connectivity index (χ2n) is 5.84. The normalized spacial score (nSPS) is 10.6. The molecule has 23 heavy (non-hydrogen) atoms. The average molecular weight is 310 g/mol. The van der Waals surface area contributed by atoms with E-state index in [1.54, 1.807) is 10.6 Å². The minimum atomic E-state index is -0.223. The van der Waals surface area contributed by atoms with Gasteiger partial charge in [0.15, 0.2) is 0 Å². The Labute approximate surface area is 137 Å². The van der Waals surface area contributed by atoms with E-state index >= 15 is 0 Å². The molecule has 0 N–H and O–H groups in total. The summed E-state index contributed by atoms with van der Waals surface area (Å²) in [5, 5.41) is 9.10. The first-order valence-corrected chi connectivity index (χ1v) is 7.94. The zero-order chi connectivity index (χ0) is 16.8. The summed E-state index contributed by atoms with van der Waals surface area (Å²) in [4.78, 5) is 12.5. The Morgan fingerprint density at radius 3 is 2.43 bits per heavy atom. The van der Waals surface area contributed by atoms with Gasteiger partial charge in [-0.2, -0.15) is 5.26 Å². The summed E-state index contributed by atoms with van der Waals surface area (Å²) < 4.78 is 7.16. The van der Waals surface area contributed by atoms with Crippen molar-refractivity contribution < 1.29 is 4.74 Å². The highest BCUT2D eigenvalue weighted by molar-refractivity contribution is 5.61. The molecule has 2 aromatic rings. The third kappa shape index (κ3) is 4.01. The van der Waals surface area contributed by atoms with Crippen LogP contribution in [-0.2, 0) is 6.54 Å². The minimum absolute atomic E-state index is 0.184. The van der Waals surface area contributed by atoms with E-state index in [4.69, 9.17) is 10.00 Å². The number of hydrogen-bond donors (Lipinski definition) is 0. The van der Waals surface area contributed by atoms with Crippen molar-refractivity contribution in [3.63, 3.8) is 0 Å². The molecule has 0 amide bonds. The van der Waals surface area contributed by atoms with E-state index in [-0.39, 0.29) is 11.1 Å². The number of nitriles is 1. The number of hydrogen-bond acceptors (Lipinski definition) is 3. The minimum Gasteiger partial charge on any atom is -0.494 e. The molecule has 0 saturated heterocycles. The van der Waals surface area contributed by atoms with E-state index < -0.39 is 0 Å². The van der Waals surface area contributed by atoms with E-state index in [1.807, 2.05) is 43.3 Å². The fraction of sp³-hybridized carbons (Fsp3) is 0.368. The van der Waals surface area contributed by atoms with Gasteiger partial charge in [-0.3, -0.25) is 4.79 Å². The molecule has 0 spiro atoms. The maximum absolute atomic E-state index is 12.5. The van der Waals surface area contributed by atoms with Crippen LogP contribution in [0.15, 0.2) is 41.2 Å². The van der Waals surface area contributed by atoms with Crippen molar-refractivity contribution in [2.24, 2.45) is 5.92 Å². The first kappa shape index (κ1) is 16.8. The van der Waals surface area contributed by atoms with Crippen LogP contribution in [0, 0.1) is 17.2 Å². The standard InChI is InChI=1S/C19H22N2O2/c1-4-23-17-8-5-15(6-9-17)18-10-7-16(13-20)19(22)21(18)12-11-14(2)3/h5-10,14H,4,11-12H2,1-3H3. The van der Waals surface area contributed by atoms with E-state index in [1.165, 1.54) is 0 Å². The van der Waals surface area contributed by atoms with Crippen LogP contribution in [0.2, 0.25) is 0 Å². The van der Waals surface area contributed by atoms with Crippen LogP contribution >= 0.6 is 0 Å². The van der Waals surface area contributed by atoms with Crippen molar-refractivity contribution in [2.45, 2.75) is 33.7 Å². The monoisotopic (exact) mass is 310 g/mol. The summed E-state index contributed by atoms with van der Waals surface area (Å²) in [7, 11) is 0. The van der Waals surface area contributed by atoms with Gasteiger partial charge in [0.1, 0.15) is 17.4 Å². The number of nitrogens with zero attached hydrogens (tertiary/aromatic N) is 2. The molecule has 1 heterocycles. The predicted molar refractivity (Wildman–Crippen MR) is 91.5 cm³/mol. The van der Waals surface area contributed by atoms with Crippen LogP contribution in [0.25, 0.3) is 11.3 Å². The van der Waals surface area contributed by atoms with Gasteiger partial charge in [0.25, 0.3) is 5.56 Å². The lowest BCUT2D eigenvalue weighted by Gasteiger charge is -2.15. The molecule has 0 fully saturated rings. The summed E-state index contributed by atoms with van der Waals surface area (Å²) >= 11 is 0. The highest BCUT2D eigenvalue weighted by Crippen LogP contribution is 2.22. The lowest BCUT2D eigenvalue weighted by Crippen LogP contribution is -2.24. The van der Waals surface area contributed by atoms with Crippen LogP contribution in [0.1, 0.15) is 32.8 Å². The Bertz CT molecular complexity index is 752. The fourth-order valence-electron chi connectivity index (χ4n) is 2.41. The third-order valence-electron chi connectivity index (χ3n) is 3.69. The number of ether oxygens (including phenoxy) is 1. The number of aromatic nitrogens is 1. The SMILES string of the molecule is CCOc1ccc(-c2ccc(C#N)c(=O)n2CCC(C)C)cc1. The molecule has 120 valence electrons. The Morgan fingerprint density at radius 2 is 1.87 bits per heavy atom. The van der Waals surface area contributed by atoms with Gasteiger partial charge in [0.05, 0.1) is 12.3 Å². The highest BCUT2D eigenvalue weighted by atomic mass is 16.5. The van der Waals surface area contributed by atoms with Gasteiger partial charge in [0.2, 0.25) is 0 Å². The van der Waals surface area contributed by atoms with Gasteiger partial charge in [-0.05, 0) is 61.2 Å². The van der Waals surface area contributed by atoms with E-state index in [0.29, 0.717) is 19.1 Å². The largest absolute Gasteiger partial charge is 0.494 e. The van der Waals surface area contributed by atoms with Gasteiger partial charge >= 0.3 is 0 Å². The molecular weight excluding hydrogens is 288 g/mol. The average Bonchev–Trinajstić information content (AvgIpc) is 2.54. The van der Waals surface area contributed by atoms with Crippen LogP contribution in [0.4, 0.5) is 0 Å². The molecule has 0 radical (unpaired) electrons. The molecule has 0 atom stereocenters. The molecule has 0 aliphatic heterocycles. The van der Waals surface area contributed by atoms with Crippen molar-refractivity contribution in [3.05, 3.63) is 52.3 Å². The van der Waals surface area contributed by atoms with Crippen LogP contribution in [-0.4, -0.2) is 11.2 Å². The number of benzene rings is 1. The van der Waals surface area contributed by atoms with E-state index in [9.17, 15) is 4.79 Å². The molecule has 1 aromatic carbocycles. The molecular formula is C19H22N2O2. The molecule has 2 rings (SSSR count). The second-order valence-corrected chi connectivity index (χ2v) is 5.84. The Morgan fingerprint density at radius 1 is 1.17 bits per heavy atom. The number of rotatable bonds is 6. The molecule has 0 aliphatic carbocycles. The maximum Gasteiger partial charge on any atom is 0.268 e. The van der Waals surface area contributed by atoms with Crippen molar-refractivity contribution >= 4 is 0 Å². The van der Waals surface area contributed by atoms with Gasteiger partial charge in [-0.1, -0.05) is 13.8 Å². The van der Waals surface area contributed by atoms with Crippen molar-refractivity contribution in [3.8, 4) is 23.1 Å². The summed E-state index contributed by atoms with van der Waals surface area (Å²) in [5.74, 6) is 1.29. The van der Waals surface area contributed by atoms with Gasteiger partial charge < -0.3 is 9.30 Å². The van der Waals surface area contributed by atoms with E-state index in [0.717, 1.165) is 23.4 Å². The van der Waals surface area contributed by atoms with Crippen LogP contribution in [0.3, 0.4) is 0 Å². The maximum atomic E-state index is 12.5. The fourth-order valence-corrected chi connectivity index (χ4v) is 2.41. The molecule has 4 nitrogen and oxygen atoms in total. The lowest BCUT2D eigenvalue weighted by molar-refractivity contribution is 0.340. The van der Waals surface area contributed by atoms with Crippen molar-refractivity contribution in [2.75, 3.05) is 6.61 Å². The predicted octanol–water partition coefficient (Wildman–Crippen LogP) is 3.83. The van der Waals surface area contributed by atoms with Crippen molar-refractivity contribution in [1.29, 1.82) is 5.26 Å². The summed E-state index contributed by atoms with van der Waals surface area (Å²) in [6, 6.07) is 13.1. The third-order valence-corrected chi connectivity index (χ3v) is 3.69. The molecule has 4 heteroatoms. The zero-order valence-corrected chi connectivity index (χ0v) is 13.9. The molecule has 0 aliphatic rings. The first-order valence-electron chi connectivity index (χ1n) is 7.94. The number of pyridine rings is 1. The van der Waals surface area contributed by atoms with E-state index in [2.05, 4.69) is 13.8 Å². The quantitative estimate of drug-likeness (QED) is 0.814. The van der Waals surface area contributed by atoms with Gasteiger partial charge in [-0.25, -0.2) is 0 Å². The lowest BCUT2D eigenvalue weighted by atomic mass is 10.1. The smallest absolute Gasteiger partial charge is 0.268 e. The molecule has 0 saturated carbocycles. The molecule has 1 aromatic heterocycles. The molecule has 0 unspecified atom stereocenters. The Balaban J connectivity index is 2.46. The topological polar surface area (TPSA) is 55.0 Å². The first-order chi connectivity index (χ1) is 11.1. The Kier molecular flexibility index (Phi) is 5.59. The van der Waals surface area contributed by atoms with Crippen molar-refractivity contribution in [1.82, 2.24) is 4.57 Å². The van der Waals surface area contributed by atoms with Gasteiger partial charge in [-0.15, -0.1) is 0 Å². The second kappa shape index (κ2) is 7.64. The van der Waals surface area contributed by atoms with Crippen LogP contribution in [0.5, 0.6) is 5.75 Å². The summed E-state index contributed by atoms with van der Waals surface area (Å²) in [5.41, 5.74) is 1.74. The van der Waals surface area contributed by atoms with Gasteiger partial charge in [0, 0.05) is 6.54 Å². The highest BCUT2D eigenvalue weighted by Gasteiger charge is 2.11. The zero-order valence-electron chi connectivity index (χ0n) is 13.9. The van der Waals surface area contributed by atoms with Crippen LogP contribution < -0.4 is 10.3 Å². The summed E-state index contributed by atoms with van der Waals surface area (Å²) in [6.07, 6.45) is 0.888. The molecule has 0 bridgehead atoms. The Hall–Kier alpha value is -2.54.